The molecule has 132 valence electrons. The summed E-state index contributed by atoms with van der Waals surface area (Å²) in [6, 6.07) is 7.10. The number of hydrogen-bond acceptors (Lipinski definition) is 3. The number of likely N-dealkylation sites (tertiary alicyclic amines) is 1. The Kier molecular flexibility index (Phi) is 6.46. The summed E-state index contributed by atoms with van der Waals surface area (Å²) >= 11 is 0. The molecule has 0 aliphatic carbocycles. The Balaban J connectivity index is 1.71. The Hall–Kier alpha value is -2.24. The molecule has 2 rings (SSSR count). The van der Waals surface area contributed by atoms with Crippen molar-refractivity contribution in [1.82, 2.24) is 15.1 Å². The number of phenols is 1. The summed E-state index contributed by atoms with van der Waals surface area (Å²) in [5, 5.41) is 12.2. The quantitative estimate of drug-likeness (QED) is 0.808. The maximum absolute atomic E-state index is 12.3. The van der Waals surface area contributed by atoms with E-state index in [2.05, 4.69) is 5.32 Å². The maximum Gasteiger partial charge on any atom is 0.319 e. The summed E-state index contributed by atoms with van der Waals surface area (Å²) in [4.78, 5) is 27.6. The second-order valence-electron chi connectivity index (χ2n) is 6.52. The smallest absolute Gasteiger partial charge is 0.319 e. The van der Waals surface area contributed by atoms with Crippen molar-refractivity contribution in [2.75, 3.05) is 33.7 Å². The van der Waals surface area contributed by atoms with Gasteiger partial charge in [0.15, 0.2) is 0 Å². The van der Waals surface area contributed by atoms with Crippen LogP contribution in [0.2, 0.25) is 0 Å². The minimum absolute atomic E-state index is 0.0279. The van der Waals surface area contributed by atoms with Crippen LogP contribution in [-0.2, 0) is 11.2 Å². The van der Waals surface area contributed by atoms with Crippen molar-refractivity contribution in [3.8, 4) is 5.75 Å². The first-order valence-electron chi connectivity index (χ1n) is 8.49. The molecule has 0 spiro atoms. The molecular weight excluding hydrogens is 306 g/mol. The molecule has 1 heterocycles. The second kappa shape index (κ2) is 8.57. The van der Waals surface area contributed by atoms with Gasteiger partial charge in [-0.25, -0.2) is 4.79 Å². The van der Waals surface area contributed by atoms with Crippen molar-refractivity contribution in [2.24, 2.45) is 5.92 Å². The van der Waals surface area contributed by atoms with Crippen molar-refractivity contribution >= 4 is 11.9 Å². The molecule has 6 heteroatoms. The fraction of sp³-hybridized carbons (Fsp3) is 0.556. The van der Waals surface area contributed by atoms with E-state index in [9.17, 15) is 14.7 Å². The van der Waals surface area contributed by atoms with Crippen LogP contribution < -0.4 is 5.32 Å². The van der Waals surface area contributed by atoms with Crippen LogP contribution in [-0.4, -0.2) is 60.6 Å². The molecule has 0 bridgehead atoms. The van der Waals surface area contributed by atoms with E-state index in [0.29, 0.717) is 13.1 Å². The van der Waals surface area contributed by atoms with Crippen molar-refractivity contribution in [1.29, 1.82) is 0 Å². The third-order valence-corrected chi connectivity index (χ3v) is 4.32. The molecule has 1 fully saturated rings. The number of phenolic OH excluding ortho intramolecular Hbond substituents is 1. The van der Waals surface area contributed by atoms with Crippen molar-refractivity contribution in [3.63, 3.8) is 0 Å². The average Bonchev–Trinajstić information content (AvgIpc) is 2.59. The molecule has 0 unspecified atom stereocenters. The zero-order valence-electron chi connectivity index (χ0n) is 14.5. The molecule has 1 aliphatic rings. The molecule has 0 aromatic heterocycles. The zero-order chi connectivity index (χ0) is 17.5. The average molecular weight is 333 g/mol. The number of nitrogens with zero attached hydrogens (tertiary/aromatic N) is 2. The van der Waals surface area contributed by atoms with Gasteiger partial charge in [-0.2, -0.15) is 0 Å². The molecule has 1 aliphatic heterocycles. The third kappa shape index (κ3) is 5.15. The Morgan fingerprint density at radius 2 is 2.00 bits per heavy atom. The first-order chi connectivity index (χ1) is 11.5. The largest absolute Gasteiger partial charge is 0.508 e. The van der Waals surface area contributed by atoms with E-state index in [-0.39, 0.29) is 23.6 Å². The van der Waals surface area contributed by atoms with Gasteiger partial charge in [0.1, 0.15) is 5.75 Å². The molecule has 1 atom stereocenters. The number of rotatable bonds is 5. The summed E-state index contributed by atoms with van der Waals surface area (Å²) in [7, 11) is 3.46. The molecule has 2 N–H and O–H groups in total. The van der Waals surface area contributed by atoms with E-state index in [1.807, 2.05) is 12.1 Å². The van der Waals surface area contributed by atoms with E-state index in [4.69, 9.17) is 0 Å². The number of carbonyl (C=O) groups excluding carboxylic acids is 2. The maximum atomic E-state index is 12.3. The van der Waals surface area contributed by atoms with Crippen LogP contribution in [0.15, 0.2) is 24.3 Å². The molecule has 0 radical (unpaired) electrons. The highest BCUT2D eigenvalue weighted by Crippen LogP contribution is 2.17. The topological polar surface area (TPSA) is 72.9 Å². The Labute approximate surface area is 143 Å². The molecule has 24 heavy (non-hydrogen) atoms. The van der Waals surface area contributed by atoms with Crippen LogP contribution in [0.5, 0.6) is 5.75 Å². The summed E-state index contributed by atoms with van der Waals surface area (Å²) in [6.45, 7) is 1.85. The Morgan fingerprint density at radius 1 is 1.29 bits per heavy atom. The lowest BCUT2D eigenvalue weighted by atomic mass is 9.97. The van der Waals surface area contributed by atoms with E-state index in [1.165, 1.54) is 0 Å². The van der Waals surface area contributed by atoms with Gasteiger partial charge in [0.2, 0.25) is 5.91 Å². The van der Waals surface area contributed by atoms with Crippen LogP contribution in [0.25, 0.3) is 0 Å². The number of benzene rings is 1. The van der Waals surface area contributed by atoms with Gasteiger partial charge in [0.05, 0.1) is 5.92 Å². The lowest BCUT2D eigenvalue weighted by Gasteiger charge is -2.33. The first kappa shape index (κ1) is 18.1. The van der Waals surface area contributed by atoms with E-state index >= 15 is 0 Å². The zero-order valence-corrected chi connectivity index (χ0v) is 14.5. The lowest BCUT2D eigenvalue weighted by molar-refractivity contribution is -0.126. The Morgan fingerprint density at radius 3 is 2.67 bits per heavy atom. The SMILES string of the molecule is CN(C)C(=O)N1CCC[C@@H](C(=O)NCCCc2ccc(O)cc2)C1. The number of nitrogens with one attached hydrogen (secondary N) is 1. The lowest BCUT2D eigenvalue weighted by Crippen LogP contribution is -2.48. The third-order valence-electron chi connectivity index (χ3n) is 4.32. The minimum atomic E-state index is -0.115. The van der Waals surface area contributed by atoms with E-state index in [0.717, 1.165) is 37.8 Å². The normalized spacial score (nSPS) is 17.4. The van der Waals surface area contributed by atoms with Gasteiger partial charge in [-0.3, -0.25) is 4.79 Å². The molecule has 3 amide bonds. The van der Waals surface area contributed by atoms with Crippen molar-refractivity contribution < 1.29 is 14.7 Å². The second-order valence-corrected chi connectivity index (χ2v) is 6.52. The summed E-state index contributed by atoms with van der Waals surface area (Å²) in [6.07, 6.45) is 3.41. The number of aromatic hydroxyl groups is 1. The monoisotopic (exact) mass is 333 g/mol. The number of aryl methyl sites for hydroxylation is 1. The summed E-state index contributed by atoms with van der Waals surface area (Å²) < 4.78 is 0. The van der Waals surface area contributed by atoms with Crippen LogP contribution >= 0.6 is 0 Å². The number of hydrogen-bond donors (Lipinski definition) is 2. The van der Waals surface area contributed by atoms with Crippen LogP contribution in [0, 0.1) is 5.92 Å². The molecule has 0 saturated carbocycles. The molecular formula is C18H27N3O3. The van der Waals surface area contributed by atoms with Gasteiger partial charge in [0.25, 0.3) is 0 Å². The summed E-state index contributed by atoms with van der Waals surface area (Å²) in [5.41, 5.74) is 1.14. The number of carbonyl (C=O) groups is 2. The highest BCUT2D eigenvalue weighted by Gasteiger charge is 2.28. The van der Waals surface area contributed by atoms with E-state index in [1.54, 1.807) is 36.0 Å². The predicted molar refractivity (Wildman–Crippen MR) is 92.8 cm³/mol. The number of amides is 3. The van der Waals surface area contributed by atoms with Crippen LogP contribution in [0.1, 0.15) is 24.8 Å². The van der Waals surface area contributed by atoms with Gasteiger partial charge in [-0.05, 0) is 43.4 Å². The van der Waals surface area contributed by atoms with Gasteiger partial charge in [-0.15, -0.1) is 0 Å². The molecule has 1 aromatic rings. The van der Waals surface area contributed by atoms with Gasteiger partial charge in [0, 0.05) is 33.7 Å². The van der Waals surface area contributed by atoms with Crippen LogP contribution in [0.4, 0.5) is 4.79 Å². The summed E-state index contributed by atoms with van der Waals surface area (Å²) in [5.74, 6) is 0.189. The van der Waals surface area contributed by atoms with Gasteiger partial charge in [-0.1, -0.05) is 12.1 Å². The highest BCUT2D eigenvalue weighted by molar-refractivity contribution is 5.80. The number of piperidine rings is 1. The molecule has 6 nitrogen and oxygen atoms in total. The minimum Gasteiger partial charge on any atom is -0.508 e. The predicted octanol–water partition coefficient (Wildman–Crippen LogP) is 1.83. The fourth-order valence-electron chi connectivity index (χ4n) is 2.96. The van der Waals surface area contributed by atoms with Crippen molar-refractivity contribution in [2.45, 2.75) is 25.7 Å². The number of urea groups is 1. The Bertz CT molecular complexity index is 557. The van der Waals surface area contributed by atoms with Crippen LogP contribution in [0.3, 0.4) is 0 Å². The molecule has 1 saturated heterocycles. The van der Waals surface area contributed by atoms with Crippen molar-refractivity contribution in [3.05, 3.63) is 29.8 Å². The van der Waals surface area contributed by atoms with E-state index < -0.39 is 0 Å². The molecule has 1 aromatic carbocycles. The highest BCUT2D eigenvalue weighted by atomic mass is 16.3. The van der Waals surface area contributed by atoms with Gasteiger partial charge < -0.3 is 20.2 Å². The van der Waals surface area contributed by atoms with Gasteiger partial charge >= 0.3 is 6.03 Å². The first-order valence-corrected chi connectivity index (χ1v) is 8.49. The fourth-order valence-corrected chi connectivity index (χ4v) is 2.96. The standard InChI is InChI=1S/C18H27N3O3/c1-20(2)18(24)21-12-4-6-15(13-21)17(23)19-11-3-5-14-7-9-16(22)10-8-14/h7-10,15,22H,3-6,11-13H2,1-2H3,(H,19,23)/t15-/m1/s1.